The smallest absolute Gasteiger partial charge is 0.191 e. The van der Waals surface area contributed by atoms with Crippen molar-refractivity contribution in [3.8, 4) is 0 Å². The maximum absolute atomic E-state index is 5.66. The Morgan fingerprint density at radius 1 is 1.25 bits per heavy atom. The van der Waals surface area contributed by atoms with Crippen molar-refractivity contribution in [1.82, 2.24) is 15.6 Å². The number of hydrogen-bond acceptors (Lipinski definition) is 6. The summed E-state index contributed by atoms with van der Waals surface area (Å²) in [6.45, 7) is 10.4. The molecule has 2 saturated heterocycles. The fourth-order valence-corrected chi connectivity index (χ4v) is 4.92. The second kappa shape index (κ2) is 12.6. The fraction of sp³-hybridized carbons (Fsp3) is 0.565. The van der Waals surface area contributed by atoms with Gasteiger partial charge in [-0.15, -0.1) is 35.3 Å². The standard InChI is InChI=1S/C23H34N6OS.HI/c1-3-24-23(27-20-7-10-28(11-8-20)22-5-4-14-31-22)26-16-19-6-9-25-21(15-19)29-12-13-30-18(2)17-29;/h4-6,9,14-15,18,20H,3,7-8,10-13,16-17H2,1-2H3,(H2,24,26,27);1H. The van der Waals surface area contributed by atoms with E-state index in [0.29, 0.717) is 12.6 Å². The van der Waals surface area contributed by atoms with Gasteiger partial charge in [0.25, 0.3) is 0 Å². The molecule has 2 aromatic rings. The van der Waals surface area contributed by atoms with Gasteiger partial charge in [-0.1, -0.05) is 0 Å². The molecular weight excluding hydrogens is 535 g/mol. The van der Waals surface area contributed by atoms with Crippen LogP contribution in [0.2, 0.25) is 0 Å². The predicted octanol–water partition coefficient (Wildman–Crippen LogP) is 3.71. The first-order valence-electron chi connectivity index (χ1n) is 11.4. The zero-order valence-electron chi connectivity index (χ0n) is 19.0. The van der Waals surface area contributed by atoms with Crippen molar-refractivity contribution in [1.29, 1.82) is 0 Å². The molecule has 2 N–H and O–H groups in total. The van der Waals surface area contributed by atoms with Crippen LogP contribution >= 0.6 is 35.3 Å². The van der Waals surface area contributed by atoms with E-state index in [4.69, 9.17) is 9.73 Å². The predicted molar refractivity (Wildman–Crippen MR) is 145 cm³/mol. The Balaban J connectivity index is 0.00000289. The summed E-state index contributed by atoms with van der Waals surface area (Å²) < 4.78 is 5.66. The van der Waals surface area contributed by atoms with Crippen molar-refractivity contribution < 1.29 is 4.74 Å². The normalized spacial score (nSPS) is 20.1. The Labute approximate surface area is 212 Å². The summed E-state index contributed by atoms with van der Waals surface area (Å²) in [6, 6.07) is 9.01. The van der Waals surface area contributed by atoms with Gasteiger partial charge in [0.05, 0.1) is 24.3 Å². The van der Waals surface area contributed by atoms with E-state index >= 15 is 0 Å². The van der Waals surface area contributed by atoms with Crippen LogP contribution < -0.4 is 20.4 Å². The molecule has 2 fully saturated rings. The van der Waals surface area contributed by atoms with E-state index in [1.807, 2.05) is 17.5 Å². The van der Waals surface area contributed by atoms with Crippen LogP contribution in [0.5, 0.6) is 0 Å². The van der Waals surface area contributed by atoms with E-state index < -0.39 is 0 Å². The van der Waals surface area contributed by atoms with Crippen LogP contribution in [0.25, 0.3) is 0 Å². The van der Waals surface area contributed by atoms with Gasteiger partial charge < -0.3 is 25.2 Å². The van der Waals surface area contributed by atoms with Crippen LogP contribution in [-0.2, 0) is 11.3 Å². The number of piperidine rings is 1. The number of thiophene rings is 1. The third-order valence-electron chi connectivity index (χ3n) is 5.79. The third-order valence-corrected chi connectivity index (χ3v) is 6.72. The second-order valence-electron chi connectivity index (χ2n) is 8.20. The van der Waals surface area contributed by atoms with E-state index in [0.717, 1.165) is 63.9 Å². The summed E-state index contributed by atoms with van der Waals surface area (Å²) in [5, 5.41) is 10.6. The highest BCUT2D eigenvalue weighted by atomic mass is 127. The van der Waals surface area contributed by atoms with E-state index in [9.17, 15) is 0 Å². The van der Waals surface area contributed by atoms with Crippen LogP contribution in [0.3, 0.4) is 0 Å². The molecule has 0 spiro atoms. The van der Waals surface area contributed by atoms with Crippen molar-refractivity contribution >= 4 is 52.1 Å². The Kier molecular flexibility index (Phi) is 9.86. The van der Waals surface area contributed by atoms with E-state index in [1.165, 1.54) is 10.6 Å². The zero-order valence-corrected chi connectivity index (χ0v) is 22.1. The Morgan fingerprint density at radius 3 is 2.81 bits per heavy atom. The van der Waals surface area contributed by atoms with Crippen molar-refractivity contribution in [2.45, 2.75) is 45.4 Å². The lowest BCUT2D eigenvalue weighted by molar-refractivity contribution is 0.0529. The first-order valence-corrected chi connectivity index (χ1v) is 12.2. The first kappa shape index (κ1) is 25.0. The molecule has 4 rings (SSSR count). The molecule has 0 bridgehead atoms. The summed E-state index contributed by atoms with van der Waals surface area (Å²) >= 11 is 1.82. The molecule has 2 aliphatic rings. The number of pyridine rings is 1. The summed E-state index contributed by atoms with van der Waals surface area (Å²) in [5.41, 5.74) is 1.17. The molecule has 2 aromatic heterocycles. The Morgan fingerprint density at radius 2 is 2.09 bits per heavy atom. The van der Waals surface area contributed by atoms with Crippen LogP contribution in [0, 0.1) is 0 Å². The lowest BCUT2D eigenvalue weighted by Gasteiger charge is -2.33. The van der Waals surface area contributed by atoms with Crippen molar-refractivity contribution in [2.75, 3.05) is 49.1 Å². The maximum Gasteiger partial charge on any atom is 0.191 e. The number of halogens is 1. The summed E-state index contributed by atoms with van der Waals surface area (Å²) in [5.74, 6) is 1.91. The molecule has 0 aromatic carbocycles. The molecule has 1 atom stereocenters. The first-order chi connectivity index (χ1) is 15.2. The lowest BCUT2D eigenvalue weighted by atomic mass is 10.1. The molecule has 32 heavy (non-hydrogen) atoms. The van der Waals surface area contributed by atoms with Gasteiger partial charge in [0, 0.05) is 45.0 Å². The summed E-state index contributed by atoms with van der Waals surface area (Å²) in [6.07, 6.45) is 4.38. The summed E-state index contributed by atoms with van der Waals surface area (Å²) in [4.78, 5) is 14.2. The minimum absolute atomic E-state index is 0. The van der Waals surface area contributed by atoms with Gasteiger partial charge >= 0.3 is 0 Å². The monoisotopic (exact) mass is 570 g/mol. The minimum Gasteiger partial charge on any atom is -0.375 e. The number of guanidine groups is 1. The molecule has 2 aliphatic heterocycles. The number of aliphatic imine (C=N–C) groups is 1. The van der Waals surface area contributed by atoms with Crippen LogP contribution in [0.1, 0.15) is 32.3 Å². The molecular formula is C23H35IN6OS. The molecule has 0 aliphatic carbocycles. The number of aromatic nitrogens is 1. The van der Waals surface area contributed by atoms with Gasteiger partial charge in [-0.3, -0.25) is 0 Å². The number of anilines is 2. The second-order valence-corrected chi connectivity index (χ2v) is 9.13. The molecule has 0 saturated carbocycles. The topological polar surface area (TPSA) is 65.0 Å². The highest BCUT2D eigenvalue weighted by Gasteiger charge is 2.21. The number of ether oxygens (including phenoxy) is 1. The molecule has 4 heterocycles. The summed E-state index contributed by atoms with van der Waals surface area (Å²) in [7, 11) is 0. The SMILES string of the molecule is CCNC(=NCc1ccnc(N2CCOC(C)C2)c1)NC1CCN(c2cccs2)CC1.I. The number of hydrogen-bond donors (Lipinski definition) is 2. The Bertz CT molecular complexity index is 841. The molecule has 0 amide bonds. The average Bonchev–Trinajstić information content (AvgIpc) is 3.33. The average molecular weight is 571 g/mol. The van der Waals surface area contributed by atoms with Crippen molar-refractivity contribution in [3.05, 3.63) is 41.4 Å². The molecule has 9 heteroatoms. The molecule has 7 nitrogen and oxygen atoms in total. The number of morpholine rings is 1. The number of nitrogens with zero attached hydrogens (tertiary/aromatic N) is 4. The minimum atomic E-state index is 0. The molecule has 176 valence electrons. The highest BCUT2D eigenvalue weighted by Crippen LogP contribution is 2.24. The van der Waals surface area contributed by atoms with Gasteiger partial charge in [0.2, 0.25) is 0 Å². The van der Waals surface area contributed by atoms with Gasteiger partial charge in [0.15, 0.2) is 5.96 Å². The number of nitrogens with one attached hydrogen (secondary N) is 2. The quantitative estimate of drug-likeness (QED) is 0.314. The van der Waals surface area contributed by atoms with Crippen LogP contribution in [0.15, 0.2) is 40.8 Å². The third kappa shape index (κ3) is 6.95. The molecule has 1 unspecified atom stereocenters. The van der Waals surface area contributed by atoms with Crippen molar-refractivity contribution in [2.24, 2.45) is 4.99 Å². The van der Waals surface area contributed by atoms with Gasteiger partial charge in [-0.2, -0.15) is 0 Å². The number of rotatable bonds is 6. The maximum atomic E-state index is 5.66. The van der Waals surface area contributed by atoms with Gasteiger partial charge in [0.1, 0.15) is 5.82 Å². The highest BCUT2D eigenvalue weighted by molar-refractivity contribution is 14.0. The zero-order chi connectivity index (χ0) is 21.5. The van der Waals surface area contributed by atoms with Crippen LogP contribution in [-0.4, -0.2) is 62.4 Å². The largest absolute Gasteiger partial charge is 0.375 e. The fourth-order valence-electron chi connectivity index (χ4n) is 4.14. The van der Waals surface area contributed by atoms with E-state index in [1.54, 1.807) is 0 Å². The van der Waals surface area contributed by atoms with E-state index in [2.05, 4.69) is 68.9 Å². The van der Waals surface area contributed by atoms with Gasteiger partial charge in [-0.25, -0.2) is 9.98 Å². The Hall–Kier alpha value is -1.59. The lowest BCUT2D eigenvalue weighted by Crippen LogP contribution is -2.48. The van der Waals surface area contributed by atoms with Crippen molar-refractivity contribution in [3.63, 3.8) is 0 Å². The van der Waals surface area contributed by atoms with Crippen LogP contribution in [0.4, 0.5) is 10.8 Å². The molecule has 0 radical (unpaired) electrons. The van der Waals surface area contributed by atoms with E-state index in [-0.39, 0.29) is 30.1 Å². The van der Waals surface area contributed by atoms with Gasteiger partial charge in [-0.05, 0) is 61.9 Å².